The van der Waals surface area contributed by atoms with Crippen LogP contribution in [0.1, 0.15) is 9.88 Å². The van der Waals surface area contributed by atoms with Gasteiger partial charge in [-0.3, -0.25) is 0 Å². The number of hydrogen-bond acceptors (Lipinski definition) is 7. The Bertz CT molecular complexity index is 1210. The molecule has 1 aliphatic rings. The van der Waals surface area contributed by atoms with Crippen LogP contribution in [-0.2, 0) is 4.74 Å². The van der Waals surface area contributed by atoms with Gasteiger partial charge >= 0.3 is 0 Å². The van der Waals surface area contributed by atoms with Gasteiger partial charge in [-0.05, 0) is 18.2 Å². The Morgan fingerprint density at radius 1 is 1.00 bits per heavy atom. The third-order valence-corrected chi connectivity index (χ3v) is 7.02. The number of nitriles is 1. The molecule has 4 aromatic rings. The van der Waals surface area contributed by atoms with Gasteiger partial charge in [0.05, 0.1) is 39.6 Å². The summed E-state index contributed by atoms with van der Waals surface area (Å²) in [5, 5.41) is 11.6. The van der Waals surface area contributed by atoms with E-state index in [4.69, 9.17) is 9.72 Å². The predicted molar refractivity (Wildman–Crippen MR) is 124 cm³/mol. The number of para-hydroxylation sites is 1. The summed E-state index contributed by atoms with van der Waals surface area (Å²) in [4.78, 5) is 12.8. The third kappa shape index (κ3) is 3.73. The van der Waals surface area contributed by atoms with E-state index in [1.807, 2.05) is 48.5 Å². The fourth-order valence-corrected chi connectivity index (χ4v) is 5.39. The highest BCUT2D eigenvalue weighted by Crippen LogP contribution is 2.37. The van der Waals surface area contributed by atoms with E-state index < -0.39 is 0 Å². The van der Waals surface area contributed by atoms with E-state index >= 15 is 0 Å². The molecule has 5 nitrogen and oxygen atoms in total. The number of fused-ring (bicyclic) bond motifs is 1. The number of ether oxygens (including phenoxy) is 1. The number of allylic oxidation sites excluding steroid dienone is 1. The monoisotopic (exact) mass is 430 g/mol. The highest BCUT2D eigenvalue weighted by molar-refractivity contribution is 7.20. The van der Waals surface area contributed by atoms with Crippen LogP contribution in [0.3, 0.4) is 0 Å². The van der Waals surface area contributed by atoms with Gasteiger partial charge in [0.15, 0.2) is 5.13 Å². The SMILES string of the molecule is N#CC(=Cc1sc(N2CCOCC2)nc1-c1ccccc1)c1nc2ccccc2s1. The average Bonchev–Trinajstić information content (AvgIpc) is 3.43. The van der Waals surface area contributed by atoms with Gasteiger partial charge in [-0.25, -0.2) is 9.97 Å². The molecular formula is C23H18N4OS2. The van der Waals surface area contributed by atoms with Crippen LogP contribution < -0.4 is 4.90 Å². The fourth-order valence-electron chi connectivity index (χ4n) is 3.37. The zero-order chi connectivity index (χ0) is 20.3. The molecule has 7 heteroatoms. The second-order valence-corrected chi connectivity index (χ2v) is 8.87. The maximum absolute atomic E-state index is 9.89. The lowest BCUT2D eigenvalue weighted by atomic mass is 10.1. The van der Waals surface area contributed by atoms with Gasteiger partial charge in [0.2, 0.25) is 0 Å². The van der Waals surface area contributed by atoms with Gasteiger partial charge < -0.3 is 9.64 Å². The minimum Gasteiger partial charge on any atom is -0.378 e. The average molecular weight is 431 g/mol. The zero-order valence-corrected chi connectivity index (χ0v) is 17.7. The van der Waals surface area contributed by atoms with Gasteiger partial charge in [-0.15, -0.1) is 11.3 Å². The first-order valence-electron chi connectivity index (χ1n) is 9.68. The minimum absolute atomic E-state index is 0.561. The van der Waals surface area contributed by atoms with Crippen LogP contribution in [0, 0.1) is 11.3 Å². The molecular weight excluding hydrogens is 412 g/mol. The van der Waals surface area contributed by atoms with E-state index in [9.17, 15) is 5.26 Å². The highest BCUT2D eigenvalue weighted by atomic mass is 32.1. The number of hydrogen-bond donors (Lipinski definition) is 0. The summed E-state index contributed by atoms with van der Waals surface area (Å²) < 4.78 is 6.56. The number of thiazole rings is 2. The molecule has 5 rings (SSSR count). The van der Waals surface area contributed by atoms with Crippen LogP contribution in [0.5, 0.6) is 0 Å². The molecule has 1 fully saturated rings. The van der Waals surface area contributed by atoms with Crippen molar-refractivity contribution in [2.75, 3.05) is 31.2 Å². The Hall–Kier alpha value is -3.05. The molecule has 0 saturated carbocycles. The van der Waals surface area contributed by atoms with Crippen LogP contribution in [0.2, 0.25) is 0 Å². The van der Waals surface area contributed by atoms with Crippen molar-refractivity contribution in [1.29, 1.82) is 5.26 Å². The van der Waals surface area contributed by atoms with Gasteiger partial charge in [0, 0.05) is 18.7 Å². The minimum atomic E-state index is 0.561. The zero-order valence-electron chi connectivity index (χ0n) is 16.1. The summed E-state index contributed by atoms with van der Waals surface area (Å²) >= 11 is 3.16. The second kappa shape index (κ2) is 8.36. The van der Waals surface area contributed by atoms with Crippen LogP contribution in [0.25, 0.3) is 33.1 Å². The Labute approximate surface area is 182 Å². The Kier molecular flexibility index (Phi) is 5.28. The van der Waals surface area contributed by atoms with E-state index in [1.54, 1.807) is 22.7 Å². The molecule has 0 unspecified atom stereocenters. The Morgan fingerprint density at radius 3 is 2.53 bits per heavy atom. The molecule has 0 N–H and O–H groups in total. The molecule has 0 atom stereocenters. The van der Waals surface area contributed by atoms with Gasteiger partial charge in [0.1, 0.15) is 11.1 Å². The lowest BCUT2D eigenvalue weighted by molar-refractivity contribution is 0.122. The molecule has 3 heterocycles. The Balaban J connectivity index is 1.60. The highest BCUT2D eigenvalue weighted by Gasteiger charge is 2.20. The number of nitrogens with zero attached hydrogens (tertiary/aromatic N) is 4. The van der Waals surface area contributed by atoms with Gasteiger partial charge in [-0.1, -0.05) is 53.8 Å². The van der Waals surface area contributed by atoms with E-state index in [-0.39, 0.29) is 0 Å². The largest absolute Gasteiger partial charge is 0.378 e. The molecule has 30 heavy (non-hydrogen) atoms. The standard InChI is InChI=1S/C23H18N4OS2/c24-15-17(22-25-18-8-4-5-9-19(18)29-22)14-20-21(16-6-2-1-3-7-16)26-23(30-20)27-10-12-28-13-11-27/h1-9,14H,10-13H2. The van der Waals surface area contributed by atoms with Crippen LogP contribution in [-0.4, -0.2) is 36.3 Å². The van der Waals surface area contributed by atoms with Crippen molar-refractivity contribution >= 4 is 49.7 Å². The number of rotatable bonds is 4. The van der Waals surface area contributed by atoms with Crippen molar-refractivity contribution in [2.24, 2.45) is 0 Å². The molecule has 2 aromatic carbocycles. The van der Waals surface area contributed by atoms with Gasteiger partial charge in [-0.2, -0.15) is 5.26 Å². The van der Waals surface area contributed by atoms with Crippen molar-refractivity contribution in [3.8, 4) is 17.3 Å². The Morgan fingerprint density at radius 2 is 1.77 bits per heavy atom. The number of morpholine rings is 1. The first-order valence-corrected chi connectivity index (χ1v) is 11.3. The van der Waals surface area contributed by atoms with Crippen LogP contribution in [0.15, 0.2) is 54.6 Å². The van der Waals surface area contributed by atoms with Crippen molar-refractivity contribution in [3.63, 3.8) is 0 Å². The molecule has 0 spiro atoms. The fraction of sp³-hybridized carbons (Fsp3) is 0.174. The molecule has 1 aliphatic heterocycles. The molecule has 2 aromatic heterocycles. The molecule has 0 bridgehead atoms. The molecule has 148 valence electrons. The molecule has 0 aliphatic carbocycles. The second-order valence-electron chi connectivity index (χ2n) is 6.83. The smallest absolute Gasteiger partial charge is 0.186 e. The molecule has 0 amide bonds. The van der Waals surface area contributed by atoms with Crippen molar-refractivity contribution in [3.05, 3.63) is 64.5 Å². The van der Waals surface area contributed by atoms with Crippen molar-refractivity contribution in [1.82, 2.24) is 9.97 Å². The number of anilines is 1. The summed E-state index contributed by atoms with van der Waals surface area (Å²) in [6.07, 6.45) is 1.93. The number of aromatic nitrogens is 2. The van der Waals surface area contributed by atoms with Crippen molar-refractivity contribution in [2.45, 2.75) is 0 Å². The third-order valence-electron chi connectivity index (χ3n) is 4.89. The molecule has 1 saturated heterocycles. The van der Waals surface area contributed by atoms with Gasteiger partial charge in [0.25, 0.3) is 0 Å². The summed E-state index contributed by atoms with van der Waals surface area (Å²) in [7, 11) is 0. The summed E-state index contributed by atoms with van der Waals surface area (Å²) in [5.41, 5.74) is 3.42. The predicted octanol–water partition coefficient (Wildman–Crippen LogP) is 5.32. The quantitative estimate of drug-likeness (QED) is 0.410. The number of benzene rings is 2. The van der Waals surface area contributed by atoms with E-state index in [2.05, 4.69) is 28.1 Å². The lowest BCUT2D eigenvalue weighted by Crippen LogP contribution is -2.36. The maximum Gasteiger partial charge on any atom is 0.186 e. The normalized spacial score (nSPS) is 14.8. The summed E-state index contributed by atoms with van der Waals surface area (Å²) in [5.74, 6) is 0. The first kappa shape index (κ1) is 18.9. The van der Waals surface area contributed by atoms with Crippen LogP contribution >= 0.6 is 22.7 Å². The van der Waals surface area contributed by atoms with E-state index in [1.165, 1.54) is 0 Å². The topological polar surface area (TPSA) is 62.0 Å². The molecule has 0 radical (unpaired) electrons. The lowest BCUT2D eigenvalue weighted by Gasteiger charge is -2.26. The summed E-state index contributed by atoms with van der Waals surface area (Å²) in [6.45, 7) is 3.07. The van der Waals surface area contributed by atoms with E-state index in [0.29, 0.717) is 18.8 Å². The first-order chi connectivity index (χ1) is 14.8. The maximum atomic E-state index is 9.89. The van der Waals surface area contributed by atoms with Crippen molar-refractivity contribution < 1.29 is 4.74 Å². The van der Waals surface area contributed by atoms with Crippen LogP contribution in [0.4, 0.5) is 5.13 Å². The van der Waals surface area contributed by atoms with E-state index in [0.717, 1.165) is 49.6 Å². The summed E-state index contributed by atoms with van der Waals surface area (Å²) in [6, 6.07) is 20.4.